The van der Waals surface area contributed by atoms with Crippen LogP contribution in [-0.4, -0.2) is 0 Å². The Morgan fingerprint density at radius 1 is 1.42 bits per heavy atom. The number of rotatable bonds is 0. The summed E-state index contributed by atoms with van der Waals surface area (Å²) >= 11 is 0. The van der Waals surface area contributed by atoms with Gasteiger partial charge in [-0.05, 0) is 37.0 Å². The predicted octanol–water partition coefficient (Wildman–Crippen LogP) is 3.04. The third kappa shape index (κ3) is 1.16. The Morgan fingerprint density at radius 3 is 2.83 bits per heavy atom. The van der Waals surface area contributed by atoms with E-state index in [0.29, 0.717) is 5.41 Å². The summed E-state index contributed by atoms with van der Waals surface area (Å²) in [6.45, 7) is 4.64. The lowest BCUT2D eigenvalue weighted by molar-refractivity contribution is 0.239. The van der Waals surface area contributed by atoms with Gasteiger partial charge in [0.2, 0.25) is 0 Å². The van der Waals surface area contributed by atoms with Gasteiger partial charge in [0.1, 0.15) is 0 Å². The molecule has 0 aliphatic heterocycles. The molecular formula is C11H15N. The zero-order valence-electron chi connectivity index (χ0n) is 7.85. The van der Waals surface area contributed by atoms with Gasteiger partial charge in [0.25, 0.3) is 0 Å². The quantitative estimate of drug-likeness (QED) is 0.535. The van der Waals surface area contributed by atoms with Crippen LogP contribution in [0.1, 0.15) is 39.5 Å². The molecule has 2 bridgehead atoms. The Hall–Kier alpha value is -0.770. The van der Waals surface area contributed by atoms with Crippen LogP contribution in [0.3, 0.4) is 0 Å². The van der Waals surface area contributed by atoms with Crippen molar-refractivity contribution in [3.63, 3.8) is 0 Å². The number of hydrogen-bond donors (Lipinski definition) is 0. The van der Waals surface area contributed by atoms with Gasteiger partial charge in [0.05, 0.1) is 6.07 Å². The van der Waals surface area contributed by atoms with E-state index < -0.39 is 0 Å². The largest absolute Gasteiger partial charge is 0.193 e. The molecule has 0 amide bonds. The Labute approximate surface area is 74.1 Å². The summed E-state index contributed by atoms with van der Waals surface area (Å²) in [5, 5.41) is 8.88. The maximum Gasteiger partial charge on any atom is 0.0946 e. The van der Waals surface area contributed by atoms with Crippen molar-refractivity contribution in [3.8, 4) is 6.07 Å². The van der Waals surface area contributed by atoms with Gasteiger partial charge in [0, 0.05) is 5.57 Å². The molecule has 0 spiro atoms. The average molecular weight is 161 g/mol. The van der Waals surface area contributed by atoms with Crippen LogP contribution in [0.15, 0.2) is 11.1 Å². The highest BCUT2D eigenvalue weighted by Gasteiger charge is 2.36. The summed E-state index contributed by atoms with van der Waals surface area (Å²) in [6.07, 6.45) is 4.75. The molecule has 1 fully saturated rings. The number of fused-ring (bicyclic) bond motifs is 2. The lowest BCUT2D eigenvalue weighted by Gasteiger charge is -2.32. The molecule has 1 saturated carbocycles. The molecule has 0 saturated heterocycles. The molecule has 2 rings (SSSR count). The van der Waals surface area contributed by atoms with E-state index in [2.05, 4.69) is 19.9 Å². The van der Waals surface area contributed by atoms with E-state index in [1.165, 1.54) is 18.4 Å². The van der Waals surface area contributed by atoms with E-state index in [-0.39, 0.29) is 0 Å². The van der Waals surface area contributed by atoms with Crippen molar-refractivity contribution in [1.29, 1.82) is 5.26 Å². The van der Waals surface area contributed by atoms with Gasteiger partial charge >= 0.3 is 0 Å². The monoisotopic (exact) mass is 161 g/mol. The normalized spacial score (nSPS) is 31.9. The predicted molar refractivity (Wildman–Crippen MR) is 48.4 cm³/mol. The molecule has 64 valence electrons. The Balaban J connectivity index is 2.28. The Bertz CT molecular complexity index is 278. The third-order valence-electron chi connectivity index (χ3n) is 3.12. The molecule has 1 heteroatoms. The van der Waals surface area contributed by atoms with Crippen molar-refractivity contribution in [3.05, 3.63) is 11.1 Å². The van der Waals surface area contributed by atoms with Crippen LogP contribution in [-0.2, 0) is 0 Å². The average Bonchev–Trinajstić information content (AvgIpc) is 2.24. The van der Waals surface area contributed by atoms with Crippen LogP contribution in [0.25, 0.3) is 0 Å². The zero-order valence-corrected chi connectivity index (χ0v) is 7.85. The molecule has 0 heterocycles. The molecule has 2 aliphatic rings. The number of nitriles is 1. The van der Waals surface area contributed by atoms with Crippen LogP contribution in [0, 0.1) is 22.7 Å². The first-order valence-corrected chi connectivity index (χ1v) is 4.72. The smallest absolute Gasteiger partial charge is 0.0946 e. The Kier molecular flexibility index (Phi) is 1.54. The van der Waals surface area contributed by atoms with Crippen molar-refractivity contribution in [1.82, 2.24) is 0 Å². The first-order valence-electron chi connectivity index (χ1n) is 4.72. The lowest BCUT2D eigenvalue weighted by Crippen LogP contribution is -2.20. The van der Waals surface area contributed by atoms with Gasteiger partial charge in [-0.1, -0.05) is 19.4 Å². The van der Waals surface area contributed by atoms with Gasteiger partial charge in [-0.15, -0.1) is 0 Å². The van der Waals surface area contributed by atoms with Crippen molar-refractivity contribution in [2.75, 3.05) is 0 Å². The van der Waals surface area contributed by atoms with Crippen LogP contribution >= 0.6 is 0 Å². The van der Waals surface area contributed by atoms with Crippen LogP contribution in [0.4, 0.5) is 0 Å². The van der Waals surface area contributed by atoms with E-state index in [4.69, 9.17) is 5.26 Å². The summed E-state index contributed by atoms with van der Waals surface area (Å²) in [7, 11) is 0. The molecular weight excluding hydrogens is 146 g/mol. The van der Waals surface area contributed by atoms with Crippen molar-refractivity contribution in [2.45, 2.75) is 39.5 Å². The fourth-order valence-corrected chi connectivity index (χ4v) is 2.86. The second-order valence-electron chi connectivity index (χ2n) is 5.01. The summed E-state index contributed by atoms with van der Waals surface area (Å²) in [5.41, 5.74) is 3.01. The summed E-state index contributed by atoms with van der Waals surface area (Å²) < 4.78 is 0. The van der Waals surface area contributed by atoms with E-state index in [9.17, 15) is 0 Å². The van der Waals surface area contributed by atoms with Gasteiger partial charge in [-0.3, -0.25) is 0 Å². The molecule has 0 N–H and O–H groups in total. The SMILES string of the molecule is CC1(C)CC2=C(C#N)CC(C2)C1. The molecule has 0 radical (unpaired) electrons. The maximum absolute atomic E-state index is 8.88. The molecule has 0 aromatic carbocycles. The van der Waals surface area contributed by atoms with Crippen molar-refractivity contribution >= 4 is 0 Å². The molecule has 1 nitrogen and oxygen atoms in total. The van der Waals surface area contributed by atoms with Gasteiger partial charge in [0.15, 0.2) is 0 Å². The van der Waals surface area contributed by atoms with E-state index in [1.54, 1.807) is 0 Å². The fourth-order valence-electron chi connectivity index (χ4n) is 2.86. The molecule has 0 aromatic heterocycles. The van der Waals surface area contributed by atoms with Gasteiger partial charge < -0.3 is 0 Å². The molecule has 0 aromatic rings. The second kappa shape index (κ2) is 2.36. The standard InChI is InChI=1S/C11H15N/c1-11(2)5-8-3-9(6-11)10(4-8)7-12/h8H,3-6H2,1-2H3. The molecule has 12 heavy (non-hydrogen) atoms. The van der Waals surface area contributed by atoms with E-state index >= 15 is 0 Å². The Morgan fingerprint density at radius 2 is 2.17 bits per heavy atom. The minimum Gasteiger partial charge on any atom is -0.193 e. The highest BCUT2D eigenvalue weighted by atomic mass is 14.4. The van der Waals surface area contributed by atoms with E-state index in [0.717, 1.165) is 24.3 Å². The first kappa shape index (κ1) is 7.86. The van der Waals surface area contributed by atoms with Gasteiger partial charge in [-0.2, -0.15) is 5.26 Å². The van der Waals surface area contributed by atoms with Crippen LogP contribution < -0.4 is 0 Å². The van der Waals surface area contributed by atoms with E-state index in [1.807, 2.05) is 0 Å². The molecule has 2 aliphatic carbocycles. The van der Waals surface area contributed by atoms with Crippen LogP contribution in [0.2, 0.25) is 0 Å². The summed E-state index contributed by atoms with van der Waals surface area (Å²) in [5.74, 6) is 0.790. The van der Waals surface area contributed by atoms with Crippen LogP contribution in [0.5, 0.6) is 0 Å². The maximum atomic E-state index is 8.88. The highest BCUT2D eigenvalue weighted by molar-refractivity contribution is 5.35. The number of nitrogens with zero attached hydrogens (tertiary/aromatic N) is 1. The minimum absolute atomic E-state index is 0.455. The number of hydrogen-bond acceptors (Lipinski definition) is 1. The summed E-state index contributed by atoms with van der Waals surface area (Å²) in [6, 6.07) is 2.35. The highest BCUT2D eigenvalue weighted by Crippen LogP contribution is 2.49. The first-order chi connectivity index (χ1) is 5.61. The minimum atomic E-state index is 0.455. The summed E-state index contributed by atoms with van der Waals surface area (Å²) in [4.78, 5) is 0. The van der Waals surface area contributed by atoms with Gasteiger partial charge in [-0.25, -0.2) is 0 Å². The second-order valence-corrected chi connectivity index (χ2v) is 5.01. The third-order valence-corrected chi connectivity index (χ3v) is 3.12. The fraction of sp³-hybridized carbons (Fsp3) is 0.727. The molecule has 1 unspecified atom stereocenters. The molecule has 1 atom stereocenters. The number of allylic oxidation sites excluding steroid dienone is 2. The van der Waals surface area contributed by atoms with Crippen molar-refractivity contribution in [2.24, 2.45) is 11.3 Å². The van der Waals surface area contributed by atoms with Crippen molar-refractivity contribution < 1.29 is 0 Å². The zero-order chi connectivity index (χ0) is 8.77. The topological polar surface area (TPSA) is 23.8 Å². The lowest BCUT2D eigenvalue weighted by atomic mass is 9.73.